The van der Waals surface area contributed by atoms with Crippen molar-refractivity contribution in [2.24, 2.45) is 0 Å². The van der Waals surface area contributed by atoms with Gasteiger partial charge in [0.2, 0.25) is 0 Å². The number of nitrogens with zero attached hydrogens (tertiary/aromatic N) is 3. The van der Waals surface area contributed by atoms with E-state index in [0.717, 1.165) is 0 Å². The minimum atomic E-state index is -0.375. The summed E-state index contributed by atoms with van der Waals surface area (Å²) in [6.07, 6.45) is 0. The Balaban J connectivity index is 3.39. The fourth-order valence-corrected chi connectivity index (χ4v) is 1.55. The number of aromatic nitrogens is 2. The van der Waals surface area contributed by atoms with E-state index in [-0.39, 0.29) is 16.1 Å². The van der Waals surface area contributed by atoms with Gasteiger partial charge in [0.15, 0.2) is 0 Å². The Morgan fingerprint density at radius 2 is 1.86 bits per heavy atom. The van der Waals surface area contributed by atoms with E-state index in [1.54, 1.807) is 18.5 Å². The number of hydrogen-bond acceptors (Lipinski definition) is 3. The Morgan fingerprint density at radius 1 is 1.36 bits per heavy atom. The van der Waals surface area contributed by atoms with Gasteiger partial charge in [-0.05, 0) is 34.6 Å². The largest absolute Gasteiger partial charge is 0.312 e. The smallest absolute Gasteiger partial charge is 0.258 e. The Kier molecular flexibility index (Phi) is 2.35. The Morgan fingerprint density at radius 3 is 2.07 bits per heavy atom. The highest BCUT2D eigenvalue weighted by molar-refractivity contribution is 5.39. The zero-order valence-corrected chi connectivity index (χ0v) is 9.16. The summed E-state index contributed by atoms with van der Waals surface area (Å²) < 4.78 is 1.69. The summed E-state index contributed by atoms with van der Waals surface area (Å²) >= 11 is 0. The van der Waals surface area contributed by atoms with Crippen LogP contribution in [0.3, 0.4) is 0 Å². The van der Waals surface area contributed by atoms with E-state index in [1.807, 2.05) is 20.8 Å². The quantitative estimate of drug-likeness (QED) is 0.512. The van der Waals surface area contributed by atoms with Gasteiger partial charge in [0, 0.05) is 0 Å². The third-order valence-electron chi connectivity index (χ3n) is 2.07. The van der Waals surface area contributed by atoms with E-state index in [2.05, 4.69) is 5.10 Å². The van der Waals surface area contributed by atoms with E-state index < -0.39 is 0 Å². The molecule has 0 aliphatic heterocycles. The molecule has 0 bridgehead atoms. The van der Waals surface area contributed by atoms with Crippen molar-refractivity contribution in [2.45, 2.75) is 40.2 Å². The number of hydrogen-bond donors (Lipinski definition) is 0. The van der Waals surface area contributed by atoms with Crippen molar-refractivity contribution in [3.63, 3.8) is 0 Å². The molecule has 0 amide bonds. The van der Waals surface area contributed by atoms with E-state index in [1.165, 1.54) is 0 Å². The van der Waals surface area contributed by atoms with Crippen LogP contribution in [-0.2, 0) is 5.54 Å². The topological polar surface area (TPSA) is 61.0 Å². The maximum Gasteiger partial charge on any atom is 0.312 e. The van der Waals surface area contributed by atoms with Gasteiger partial charge < -0.3 is 0 Å². The Labute approximate surface area is 82.9 Å². The lowest BCUT2D eigenvalue weighted by Gasteiger charge is -2.20. The average molecular weight is 197 g/mol. The summed E-state index contributed by atoms with van der Waals surface area (Å²) in [5.74, 6) is 0. The van der Waals surface area contributed by atoms with Crippen LogP contribution in [0, 0.1) is 24.0 Å². The fourth-order valence-electron chi connectivity index (χ4n) is 1.55. The first-order chi connectivity index (χ1) is 6.25. The Hall–Kier alpha value is -1.39. The van der Waals surface area contributed by atoms with Gasteiger partial charge in [-0.2, -0.15) is 5.10 Å². The minimum absolute atomic E-state index is 0.125. The molecule has 14 heavy (non-hydrogen) atoms. The van der Waals surface area contributed by atoms with Crippen LogP contribution in [-0.4, -0.2) is 14.7 Å². The maximum absolute atomic E-state index is 10.7. The SMILES string of the molecule is Cc1nn(C(C)(C)C)c(C)c1[N+](=O)[O-]. The van der Waals surface area contributed by atoms with E-state index >= 15 is 0 Å². The first-order valence-corrected chi connectivity index (χ1v) is 4.46. The summed E-state index contributed by atoms with van der Waals surface area (Å²) in [4.78, 5) is 10.4. The molecule has 78 valence electrons. The van der Waals surface area contributed by atoms with E-state index in [0.29, 0.717) is 11.4 Å². The lowest BCUT2D eigenvalue weighted by Crippen LogP contribution is -2.24. The molecular weight excluding hydrogens is 182 g/mol. The van der Waals surface area contributed by atoms with E-state index in [9.17, 15) is 10.1 Å². The molecule has 0 aliphatic carbocycles. The normalized spacial score (nSPS) is 11.8. The fraction of sp³-hybridized carbons (Fsp3) is 0.667. The molecule has 1 aromatic heterocycles. The van der Waals surface area contributed by atoms with Gasteiger partial charge in [-0.1, -0.05) is 0 Å². The maximum atomic E-state index is 10.7. The molecular formula is C9H15N3O2. The molecule has 0 N–H and O–H groups in total. The first kappa shape index (κ1) is 10.7. The van der Waals surface area contributed by atoms with Crippen LogP contribution >= 0.6 is 0 Å². The average Bonchev–Trinajstić information content (AvgIpc) is 2.24. The summed E-state index contributed by atoms with van der Waals surface area (Å²) in [5.41, 5.74) is 0.991. The van der Waals surface area contributed by atoms with Gasteiger partial charge in [0.1, 0.15) is 11.4 Å². The van der Waals surface area contributed by atoms with Crippen molar-refractivity contribution in [1.29, 1.82) is 0 Å². The zero-order chi connectivity index (χ0) is 11.1. The van der Waals surface area contributed by atoms with Gasteiger partial charge in [-0.25, -0.2) is 0 Å². The molecule has 0 aliphatic rings. The highest BCUT2D eigenvalue weighted by Crippen LogP contribution is 2.26. The van der Waals surface area contributed by atoms with Crippen LogP contribution in [0.1, 0.15) is 32.2 Å². The molecule has 0 atom stereocenters. The highest BCUT2D eigenvalue weighted by Gasteiger charge is 2.26. The van der Waals surface area contributed by atoms with Crippen molar-refractivity contribution in [1.82, 2.24) is 9.78 Å². The predicted octanol–water partition coefficient (Wildman–Crippen LogP) is 2.16. The molecule has 1 aromatic rings. The first-order valence-electron chi connectivity index (χ1n) is 4.46. The molecule has 0 saturated carbocycles. The van der Waals surface area contributed by atoms with Crippen LogP contribution in [0.15, 0.2) is 0 Å². The van der Waals surface area contributed by atoms with Crippen LogP contribution < -0.4 is 0 Å². The van der Waals surface area contributed by atoms with Gasteiger partial charge in [-0.15, -0.1) is 0 Å². The molecule has 0 fully saturated rings. The molecule has 0 aromatic carbocycles. The van der Waals surface area contributed by atoms with E-state index in [4.69, 9.17) is 0 Å². The third-order valence-corrected chi connectivity index (χ3v) is 2.07. The zero-order valence-electron chi connectivity index (χ0n) is 9.16. The Bertz CT molecular complexity index is 374. The molecule has 1 rings (SSSR count). The van der Waals surface area contributed by atoms with Crippen molar-refractivity contribution >= 4 is 5.69 Å². The summed E-state index contributed by atoms with van der Waals surface area (Å²) in [5, 5.41) is 14.9. The van der Waals surface area contributed by atoms with Crippen molar-refractivity contribution in [2.75, 3.05) is 0 Å². The monoisotopic (exact) mass is 197 g/mol. The second kappa shape index (κ2) is 3.08. The van der Waals surface area contributed by atoms with Crippen molar-refractivity contribution in [3.05, 3.63) is 21.5 Å². The second-order valence-electron chi connectivity index (χ2n) is 4.36. The molecule has 0 unspecified atom stereocenters. The summed E-state index contributed by atoms with van der Waals surface area (Å²) in [6.45, 7) is 9.29. The van der Waals surface area contributed by atoms with Crippen molar-refractivity contribution < 1.29 is 4.92 Å². The van der Waals surface area contributed by atoms with Crippen LogP contribution in [0.4, 0.5) is 5.69 Å². The number of nitro groups is 1. The standard InChI is InChI=1S/C9H15N3O2/c1-6-8(12(13)14)7(2)11(10-6)9(3,4)5/h1-5H3. The highest BCUT2D eigenvalue weighted by atomic mass is 16.6. The van der Waals surface area contributed by atoms with Crippen LogP contribution in [0.5, 0.6) is 0 Å². The molecule has 1 heterocycles. The van der Waals surface area contributed by atoms with Gasteiger partial charge in [0.25, 0.3) is 0 Å². The third kappa shape index (κ3) is 1.62. The number of aryl methyl sites for hydroxylation is 1. The number of rotatable bonds is 1. The second-order valence-corrected chi connectivity index (χ2v) is 4.36. The lowest BCUT2D eigenvalue weighted by atomic mass is 10.1. The van der Waals surface area contributed by atoms with Crippen LogP contribution in [0.2, 0.25) is 0 Å². The molecule has 0 saturated heterocycles. The lowest BCUT2D eigenvalue weighted by molar-refractivity contribution is -0.386. The van der Waals surface area contributed by atoms with Gasteiger partial charge in [-0.3, -0.25) is 14.8 Å². The molecule has 0 spiro atoms. The summed E-state index contributed by atoms with van der Waals surface area (Å²) in [7, 11) is 0. The molecule has 5 heteroatoms. The van der Waals surface area contributed by atoms with Crippen molar-refractivity contribution in [3.8, 4) is 0 Å². The van der Waals surface area contributed by atoms with Crippen LogP contribution in [0.25, 0.3) is 0 Å². The van der Waals surface area contributed by atoms with Gasteiger partial charge >= 0.3 is 5.69 Å². The summed E-state index contributed by atoms with van der Waals surface area (Å²) in [6, 6.07) is 0. The molecule has 5 nitrogen and oxygen atoms in total. The predicted molar refractivity (Wildman–Crippen MR) is 53.4 cm³/mol. The minimum Gasteiger partial charge on any atom is -0.258 e. The van der Waals surface area contributed by atoms with Gasteiger partial charge in [0.05, 0.1) is 10.5 Å². The molecule has 0 radical (unpaired) electrons.